The van der Waals surface area contributed by atoms with E-state index in [0.717, 1.165) is 23.9 Å². The van der Waals surface area contributed by atoms with Gasteiger partial charge in [-0.25, -0.2) is 0 Å². The highest BCUT2D eigenvalue weighted by atomic mass is 15.2. The number of likely N-dealkylation sites (N-methyl/N-ethyl adjacent to an activating group) is 1. The quantitative estimate of drug-likeness (QED) is 0.822. The van der Waals surface area contributed by atoms with Crippen LogP contribution >= 0.6 is 0 Å². The first-order valence-electron chi connectivity index (χ1n) is 8.18. The molecule has 3 nitrogen and oxygen atoms in total. The number of nitrogens with zero attached hydrogens (tertiary/aromatic N) is 2. The van der Waals surface area contributed by atoms with E-state index in [9.17, 15) is 0 Å². The first-order valence-corrected chi connectivity index (χ1v) is 8.18. The minimum atomic E-state index is 0.746. The number of likely N-dealkylation sites (tertiary alicyclic amines) is 1. The molecule has 1 saturated heterocycles. The van der Waals surface area contributed by atoms with Crippen LogP contribution in [0.15, 0.2) is 0 Å². The summed E-state index contributed by atoms with van der Waals surface area (Å²) in [7, 11) is 4.43. The van der Waals surface area contributed by atoms with Crippen LogP contribution in [-0.4, -0.2) is 62.2 Å². The number of nitrogens with one attached hydrogen (secondary N) is 1. The lowest BCUT2D eigenvalue weighted by Gasteiger charge is -2.28. The predicted molar refractivity (Wildman–Crippen MR) is 82.5 cm³/mol. The van der Waals surface area contributed by atoms with Crippen molar-refractivity contribution in [2.24, 2.45) is 11.8 Å². The molecule has 112 valence electrons. The van der Waals surface area contributed by atoms with Gasteiger partial charge in [0.2, 0.25) is 0 Å². The van der Waals surface area contributed by atoms with Crippen molar-refractivity contribution in [3.8, 4) is 0 Å². The lowest BCUT2D eigenvalue weighted by molar-refractivity contribution is 0.247. The zero-order valence-corrected chi connectivity index (χ0v) is 13.4. The van der Waals surface area contributed by atoms with E-state index in [1.807, 2.05) is 0 Å². The summed E-state index contributed by atoms with van der Waals surface area (Å²) in [5.41, 5.74) is 0. The molecule has 2 atom stereocenters. The summed E-state index contributed by atoms with van der Waals surface area (Å²) in [4.78, 5) is 5.02. The van der Waals surface area contributed by atoms with Gasteiger partial charge in [-0.3, -0.25) is 0 Å². The molecule has 1 N–H and O–H groups in total. The maximum absolute atomic E-state index is 3.77. The first kappa shape index (κ1) is 15.3. The van der Waals surface area contributed by atoms with Crippen molar-refractivity contribution in [1.29, 1.82) is 0 Å². The van der Waals surface area contributed by atoms with E-state index in [1.165, 1.54) is 51.9 Å². The Balaban J connectivity index is 1.61. The summed E-state index contributed by atoms with van der Waals surface area (Å²) in [6, 6.07) is 1.54. The van der Waals surface area contributed by atoms with Crippen LogP contribution in [0.25, 0.3) is 0 Å². The minimum absolute atomic E-state index is 0.746. The fourth-order valence-electron chi connectivity index (χ4n) is 3.79. The van der Waals surface area contributed by atoms with Crippen LogP contribution in [-0.2, 0) is 0 Å². The van der Waals surface area contributed by atoms with Gasteiger partial charge in [-0.15, -0.1) is 0 Å². The van der Waals surface area contributed by atoms with Gasteiger partial charge in [0.05, 0.1) is 0 Å². The number of hydrogen-bond acceptors (Lipinski definition) is 3. The Morgan fingerprint density at radius 1 is 1.05 bits per heavy atom. The summed E-state index contributed by atoms with van der Waals surface area (Å²) in [6.07, 6.45) is 5.61. The Labute approximate surface area is 119 Å². The normalized spacial score (nSPS) is 37.1. The molecule has 0 aromatic carbocycles. The molecule has 1 aliphatic carbocycles. The molecular formula is C16H33N3. The number of hydrogen-bond donors (Lipinski definition) is 1. The van der Waals surface area contributed by atoms with Crippen molar-refractivity contribution >= 4 is 0 Å². The average molecular weight is 267 g/mol. The standard InChI is InChI=1S/C16H33N3/c1-13-5-7-15(8-6-13)17-9-10-19-11-14(2)16(12-19)18(3)4/h13-17H,5-12H2,1-4H3. The average Bonchev–Trinajstić information content (AvgIpc) is 2.73. The molecule has 0 spiro atoms. The summed E-state index contributed by atoms with van der Waals surface area (Å²) >= 11 is 0. The van der Waals surface area contributed by atoms with Crippen molar-refractivity contribution < 1.29 is 0 Å². The fraction of sp³-hybridized carbons (Fsp3) is 1.00. The van der Waals surface area contributed by atoms with Crippen molar-refractivity contribution in [2.75, 3.05) is 40.3 Å². The van der Waals surface area contributed by atoms with Gasteiger partial charge in [0.25, 0.3) is 0 Å². The Morgan fingerprint density at radius 2 is 1.74 bits per heavy atom. The smallest absolute Gasteiger partial charge is 0.0254 e. The van der Waals surface area contributed by atoms with Crippen LogP contribution in [0.4, 0.5) is 0 Å². The molecule has 0 bridgehead atoms. The Hall–Kier alpha value is -0.120. The molecule has 1 aliphatic heterocycles. The van der Waals surface area contributed by atoms with Gasteiger partial charge in [0.15, 0.2) is 0 Å². The molecule has 2 unspecified atom stereocenters. The van der Waals surface area contributed by atoms with Crippen LogP contribution in [0.2, 0.25) is 0 Å². The van der Waals surface area contributed by atoms with E-state index in [1.54, 1.807) is 0 Å². The third kappa shape index (κ3) is 4.44. The molecule has 3 heteroatoms. The van der Waals surface area contributed by atoms with Crippen molar-refractivity contribution in [3.05, 3.63) is 0 Å². The predicted octanol–water partition coefficient (Wildman–Crippen LogP) is 2.04. The highest BCUT2D eigenvalue weighted by Crippen LogP contribution is 2.23. The Bertz CT molecular complexity index is 259. The van der Waals surface area contributed by atoms with Gasteiger partial charge in [0.1, 0.15) is 0 Å². The molecular weight excluding hydrogens is 234 g/mol. The lowest BCUT2D eigenvalue weighted by atomic mass is 9.87. The molecule has 2 fully saturated rings. The molecule has 19 heavy (non-hydrogen) atoms. The summed E-state index contributed by atoms with van der Waals surface area (Å²) in [6.45, 7) is 9.69. The van der Waals surface area contributed by atoms with E-state index in [-0.39, 0.29) is 0 Å². The maximum Gasteiger partial charge on any atom is 0.0254 e. The van der Waals surface area contributed by atoms with E-state index in [0.29, 0.717) is 0 Å². The topological polar surface area (TPSA) is 18.5 Å². The summed E-state index contributed by atoms with van der Waals surface area (Å²) < 4.78 is 0. The van der Waals surface area contributed by atoms with Crippen LogP contribution in [0.1, 0.15) is 39.5 Å². The van der Waals surface area contributed by atoms with Crippen molar-refractivity contribution in [1.82, 2.24) is 15.1 Å². The Morgan fingerprint density at radius 3 is 2.32 bits per heavy atom. The van der Waals surface area contributed by atoms with Crippen molar-refractivity contribution in [3.63, 3.8) is 0 Å². The van der Waals surface area contributed by atoms with E-state index in [4.69, 9.17) is 0 Å². The van der Waals surface area contributed by atoms with E-state index < -0.39 is 0 Å². The molecule has 1 heterocycles. The lowest BCUT2D eigenvalue weighted by Crippen LogP contribution is -2.39. The van der Waals surface area contributed by atoms with Gasteiger partial charge in [0, 0.05) is 38.3 Å². The van der Waals surface area contributed by atoms with Crippen LogP contribution < -0.4 is 5.32 Å². The van der Waals surface area contributed by atoms with Gasteiger partial charge < -0.3 is 15.1 Å². The second-order valence-corrected chi connectivity index (χ2v) is 7.18. The van der Waals surface area contributed by atoms with E-state index in [2.05, 4.69) is 43.1 Å². The Kier molecular flexibility index (Phi) is 5.67. The molecule has 1 saturated carbocycles. The monoisotopic (exact) mass is 267 g/mol. The number of rotatable bonds is 5. The zero-order chi connectivity index (χ0) is 13.8. The minimum Gasteiger partial charge on any atom is -0.313 e. The second kappa shape index (κ2) is 7.05. The highest BCUT2D eigenvalue weighted by molar-refractivity contribution is 4.87. The molecule has 2 rings (SSSR count). The second-order valence-electron chi connectivity index (χ2n) is 7.18. The van der Waals surface area contributed by atoms with E-state index >= 15 is 0 Å². The molecule has 2 aliphatic rings. The van der Waals surface area contributed by atoms with Gasteiger partial charge >= 0.3 is 0 Å². The summed E-state index contributed by atoms with van der Waals surface area (Å²) in [5, 5.41) is 3.77. The SMILES string of the molecule is CC1CCC(NCCN2CC(C)C(N(C)C)C2)CC1. The van der Waals surface area contributed by atoms with Crippen molar-refractivity contribution in [2.45, 2.75) is 51.6 Å². The molecule has 0 amide bonds. The molecule has 0 aromatic heterocycles. The van der Waals surface area contributed by atoms with Gasteiger partial charge in [-0.1, -0.05) is 13.8 Å². The summed E-state index contributed by atoms with van der Waals surface area (Å²) in [5.74, 6) is 1.77. The maximum atomic E-state index is 3.77. The van der Waals surface area contributed by atoms with Gasteiger partial charge in [-0.2, -0.15) is 0 Å². The molecule has 0 radical (unpaired) electrons. The zero-order valence-electron chi connectivity index (χ0n) is 13.4. The largest absolute Gasteiger partial charge is 0.313 e. The third-order valence-electron chi connectivity index (χ3n) is 5.19. The third-order valence-corrected chi connectivity index (χ3v) is 5.19. The van der Waals surface area contributed by atoms with Gasteiger partial charge in [-0.05, 0) is 51.6 Å². The van der Waals surface area contributed by atoms with Crippen LogP contribution in [0.5, 0.6) is 0 Å². The van der Waals surface area contributed by atoms with Crippen LogP contribution in [0.3, 0.4) is 0 Å². The molecule has 0 aromatic rings. The fourth-order valence-corrected chi connectivity index (χ4v) is 3.79. The van der Waals surface area contributed by atoms with Crippen LogP contribution in [0, 0.1) is 11.8 Å². The first-order chi connectivity index (χ1) is 9.06. The highest BCUT2D eigenvalue weighted by Gasteiger charge is 2.30.